The topological polar surface area (TPSA) is 105 Å². The molecule has 9 nitrogen and oxygen atoms in total. The van der Waals surface area contributed by atoms with Gasteiger partial charge in [-0.25, -0.2) is 0 Å². The Morgan fingerprint density at radius 3 is 2.81 bits per heavy atom. The van der Waals surface area contributed by atoms with Crippen LogP contribution in [0.15, 0.2) is 24.3 Å². The van der Waals surface area contributed by atoms with Gasteiger partial charge < -0.3 is 9.64 Å². The zero-order chi connectivity index (χ0) is 22.2. The molecule has 1 N–H and O–H groups in total. The molecule has 0 bridgehead atoms. The van der Waals surface area contributed by atoms with Crippen LogP contribution < -0.4 is 10.2 Å². The number of aromatic nitrogens is 2. The van der Waals surface area contributed by atoms with Gasteiger partial charge in [-0.05, 0) is 24.5 Å². The SMILES string of the molecule is COCc1nnc(NC(=O)[C@]23CCC(=O)N2c2ccccc2C(=O)N3CCC(C)C)s1. The first-order chi connectivity index (χ1) is 14.9. The molecule has 0 unspecified atom stereocenters. The molecule has 0 spiro atoms. The largest absolute Gasteiger partial charge is 0.377 e. The van der Waals surface area contributed by atoms with Crippen LogP contribution in [0.25, 0.3) is 0 Å². The number of nitrogens with one attached hydrogen (secondary N) is 1. The highest BCUT2D eigenvalue weighted by Crippen LogP contribution is 2.45. The number of hydrogen-bond donors (Lipinski definition) is 1. The van der Waals surface area contributed by atoms with Gasteiger partial charge in [-0.3, -0.25) is 24.6 Å². The van der Waals surface area contributed by atoms with Crippen molar-refractivity contribution in [3.05, 3.63) is 34.8 Å². The van der Waals surface area contributed by atoms with Crippen molar-refractivity contribution in [3.8, 4) is 0 Å². The van der Waals surface area contributed by atoms with E-state index in [2.05, 4.69) is 29.4 Å². The van der Waals surface area contributed by atoms with E-state index in [1.165, 1.54) is 16.2 Å². The van der Waals surface area contributed by atoms with Crippen LogP contribution in [0.2, 0.25) is 0 Å². The van der Waals surface area contributed by atoms with Crippen LogP contribution in [0.4, 0.5) is 10.8 Å². The predicted molar refractivity (Wildman–Crippen MR) is 116 cm³/mol. The Balaban J connectivity index is 1.76. The molecule has 31 heavy (non-hydrogen) atoms. The third kappa shape index (κ3) is 3.59. The first-order valence-electron chi connectivity index (χ1n) is 10.2. The summed E-state index contributed by atoms with van der Waals surface area (Å²) in [7, 11) is 1.55. The van der Waals surface area contributed by atoms with Crippen molar-refractivity contribution in [2.24, 2.45) is 5.92 Å². The number of fused-ring (bicyclic) bond motifs is 3. The summed E-state index contributed by atoms with van der Waals surface area (Å²) in [5, 5.41) is 11.7. The molecule has 1 fully saturated rings. The Morgan fingerprint density at radius 1 is 1.29 bits per heavy atom. The zero-order valence-corrected chi connectivity index (χ0v) is 18.6. The number of amides is 3. The maximum Gasteiger partial charge on any atom is 0.273 e. The number of rotatable bonds is 7. The molecule has 2 aliphatic rings. The van der Waals surface area contributed by atoms with Gasteiger partial charge in [0.05, 0.1) is 11.3 Å². The van der Waals surface area contributed by atoms with Crippen LogP contribution >= 0.6 is 11.3 Å². The first-order valence-corrected chi connectivity index (χ1v) is 11.1. The third-order valence-electron chi connectivity index (χ3n) is 5.62. The summed E-state index contributed by atoms with van der Waals surface area (Å²) in [5.41, 5.74) is -0.517. The standard InChI is InChI=1S/C21H25N5O4S/c1-13(2)9-11-25-18(28)14-6-4-5-7-15(14)26-17(27)8-10-21(25,26)19(29)22-20-24-23-16(31-20)12-30-3/h4-7,13H,8-12H2,1-3H3,(H,22,24,29)/t21-/m0/s1. The summed E-state index contributed by atoms with van der Waals surface area (Å²) in [5.74, 6) is -0.544. The molecule has 0 saturated carbocycles. The smallest absolute Gasteiger partial charge is 0.273 e. The van der Waals surface area contributed by atoms with Gasteiger partial charge in [0, 0.05) is 26.5 Å². The normalized spacial score (nSPS) is 20.3. The van der Waals surface area contributed by atoms with Gasteiger partial charge in [-0.1, -0.05) is 37.3 Å². The van der Waals surface area contributed by atoms with Gasteiger partial charge in [-0.2, -0.15) is 0 Å². The van der Waals surface area contributed by atoms with E-state index >= 15 is 0 Å². The van der Waals surface area contributed by atoms with E-state index in [9.17, 15) is 14.4 Å². The molecular weight excluding hydrogens is 418 g/mol. The van der Waals surface area contributed by atoms with E-state index in [0.717, 1.165) is 0 Å². The minimum atomic E-state index is -1.43. The fourth-order valence-corrected chi connectivity index (χ4v) is 4.86. The molecule has 1 aromatic heterocycles. The summed E-state index contributed by atoms with van der Waals surface area (Å²) in [6.07, 6.45) is 1.11. The molecule has 3 heterocycles. The third-order valence-corrected chi connectivity index (χ3v) is 6.43. The minimum absolute atomic E-state index is 0.179. The molecule has 3 amide bonds. The highest BCUT2D eigenvalue weighted by molar-refractivity contribution is 7.15. The van der Waals surface area contributed by atoms with Gasteiger partial charge >= 0.3 is 0 Å². The minimum Gasteiger partial charge on any atom is -0.377 e. The molecule has 1 atom stereocenters. The fourth-order valence-electron chi connectivity index (χ4n) is 4.16. The number of benzene rings is 1. The van der Waals surface area contributed by atoms with Crippen LogP contribution in [0.5, 0.6) is 0 Å². The van der Waals surface area contributed by atoms with E-state index in [-0.39, 0.29) is 31.3 Å². The van der Waals surface area contributed by atoms with Crippen molar-refractivity contribution >= 4 is 39.9 Å². The number of ether oxygens (including phenoxy) is 1. The van der Waals surface area contributed by atoms with Crippen LogP contribution in [0, 0.1) is 5.92 Å². The second-order valence-corrected chi connectivity index (χ2v) is 9.15. The number of hydrogen-bond acceptors (Lipinski definition) is 7. The Kier molecular flexibility index (Phi) is 5.76. The quantitative estimate of drug-likeness (QED) is 0.705. The van der Waals surface area contributed by atoms with Crippen molar-refractivity contribution in [2.45, 2.75) is 45.4 Å². The predicted octanol–water partition coefficient (Wildman–Crippen LogP) is 2.65. The van der Waals surface area contributed by atoms with Crippen molar-refractivity contribution < 1.29 is 19.1 Å². The fraction of sp³-hybridized carbons (Fsp3) is 0.476. The van der Waals surface area contributed by atoms with Crippen LogP contribution in [-0.4, -0.2) is 52.1 Å². The highest BCUT2D eigenvalue weighted by atomic mass is 32.1. The summed E-state index contributed by atoms with van der Waals surface area (Å²) in [4.78, 5) is 43.2. The van der Waals surface area contributed by atoms with E-state index < -0.39 is 11.6 Å². The number of para-hydroxylation sites is 1. The Labute approximate surface area is 184 Å². The molecule has 10 heteroatoms. The number of methoxy groups -OCH3 is 1. The summed E-state index contributed by atoms with van der Waals surface area (Å²) in [6, 6.07) is 6.96. The lowest BCUT2D eigenvalue weighted by molar-refractivity contribution is -0.129. The molecule has 1 saturated heterocycles. The van der Waals surface area contributed by atoms with E-state index in [0.29, 0.717) is 40.3 Å². The van der Waals surface area contributed by atoms with E-state index in [1.54, 1.807) is 36.3 Å². The average Bonchev–Trinajstić information content (AvgIpc) is 3.33. The maximum atomic E-state index is 13.7. The van der Waals surface area contributed by atoms with E-state index in [4.69, 9.17) is 4.74 Å². The van der Waals surface area contributed by atoms with Crippen LogP contribution in [0.3, 0.4) is 0 Å². The van der Waals surface area contributed by atoms with Gasteiger partial charge in [0.15, 0.2) is 0 Å². The van der Waals surface area contributed by atoms with Gasteiger partial charge in [0.1, 0.15) is 11.6 Å². The first kappa shape index (κ1) is 21.4. The Bertz CT molecular complexity index is 1020. The number of nitrogens with zero attached hydrogens (tertiary/aromatic N) is 4. The zero-order valence-electron chi connectivity index (χ0n) is 17.8. The highest BCUT2D eigenvalue weighted by Gasteiger charge is 2.60. The molecule has 2 aliphatic heterocycles. The second kappa shape index (κ2) is 8.35. The lowest BCUT2D eigenvalue weighted by atomic mass is 9.94. The van der Waals surface area contributed by atoms with Crippen LogP contribution in [-0.2, 0) is 20.9 Å². The second-order valence-electron chi connectivity index (χ2n) is 8.09. The van der Waals surface area contributed by atoms with Crippen molar-refractivity contribution in [3.63, 3.8) is 0 Å². The molecule has 0 aliphatic carbocycles. The molecule has 164 valence electrons. The molecule has 4 rings (SSSR count). The molecule has 1 aromatic carbocycles. The van der Waals surface area contributed by atoms with Crippen molar-refractivity contribution in [2.75, 3.05) is 23.9 Å². The van der Waals surface area contributed by atoms with Gasteiger partial charge in [0.2, 0.25) is 16.7 Å². The summed E-state index contributed by atoms with van der Waals surface area (Å²) in [6.45, 7) is 4.78. The number of carbonyl (C=O) groups is 3. The molecular formula is C21H25N5O4S. The molecule has 0 radical (unpaired) electrons. The average molecular weight is 444 g/mol. The number of carbonyl (C=O) groups excluding carboxylic acids is 3. The Morgan fingerprint density at radius 2 is 2.06 bits per heavy atom. The maximum absolute atomic E-state index is 13.7. The van der Waals surface area contributed by atoms with E-state index in [1.807, 2.05) is 0 Å². The van der Waals surface area contributed by atoms with Gasteiger partial charge in [-0.15, -0.1) is 10.2 Å². The Hall–Kier alpha value is -2.85. The van der Waals surface area contributed by atoms with Crippen LogP contribution in [0.1, 0.15) is 48.5 Å². The van der Waals surface area contributed by atoms with Crippen molar-refractivity contribution in [1.82, 2.24) is 15.1 Å². The monoisotopic (exact) mass is 443 g/mol. The lowest BCUT2D eigenvalue weighted by Crippen LogP contribution is -2.69. The lowest BCUT2D eigenvalue weighted by Gasteiger charge is -2.49. The van der Waals surface area contributed by atoms with Gasteiger partial charge in [0.25, 0.3) is 11.8 Å². The van der Waals surface area contributed by atoms with Crippen molar-refractivity contribution in [1.29, 1.82) is 0 Å². The summed E-state index contributed by atoms with van der Waals surface area (Å²) >= 11 is 1.20. The summed E-state index contributed by atoms with van der Waals surface area (Å²) < 4.78 is 5.06. The molecule has 2 aromatic rings. The number of anilines is 2.